The molecule has 0 amide bonds. The van der Waals surface area contributed by atoms with Crippen molar-refractivity contribution in [1.82, 2.24) is 9.97 Å². The van der Waals surface area contributed by atoms with Crippen LogP contribution in [0.25, 0.3) is 0 Å². The number of halogens is 1. The average Bonchev–Trinajstić information content (AvgIpc) is 2.39. The first-order valence-electron chi connectivity index (χ1n) is 5.82. The number of aryl methyl sites for hydroxylation is 1. The van der Waals surface area contributed by atoms with E-state index in [0.29, 0.717) is 11.8 Å². The van der Waals surface area contributed by atoms with Crippen LogP contribution in [0.4, 0.5) is 5.95 Å². The molecule has 0 fully saturated rings. The quantitative estimate of drug-likeness (QED) is 0.792. The third-order valence-electron chi connectivity index (χ3n) is 2.69. The van der Waals surface area contributed by atoms with E-state index in [9.17, 15) is 0 Å². The Morgan fingerprint density at radius 3 is 2.50 bits per heavy atom. The lowest BCUT2D eigenvalue weighted by molar-refractivity contribution is 0.862. The molecule has 18 heavy (non-hydrogen) atoms. The van der Waals surface area contributed by atoms with E-state index >= 15 is 0 Å². The molecule has 3 nitrogen and oxygen atoms in total. The monoisotopic (exact) mass is 261 g/mol. The molecule has 0 aliphatic carbocycles. The van der Waals surface area contributed by atoms with Crippen LogP contribution in [0.3, 0.4) is 0 Å². The lowest BCUT2D eigenvalue weighted by atomic mass is 10.1. The van der Waals surface area contributed by atoms with Crippen LogP contribution < -0.4 is 4.90 Å². The molecule has 0 radical (unpaired) electrons. The SMILES string of the molecule is Cc1cccc(CN(C)c2ncc(CCl)cn2)c1. The number of nitrogens with zero attached hydrogens (tertiary/aromatic N) is 3. The van der Waals surface area contributed by atoms with Crippen LogP contribution in [-0.4, -0.2) is 17.0 Å². The fourth-order valence-electron chi connectivity index (χ4n) is 1.77. The summed E-state index contributed by atoms with van der Waals surface area (Å²) >= 11 is 5.71. The van der Waals surface area contributed by atoms with Gasteiger partial charge in [-0.25, -0.2) is 9.97 Å². The lowest BCUT2D eigenvalue weighted by Crippen LogP contribution is -2.19. The summed E-state index contributed by atoms with van der Waals surface area (Å²) in [7, 11) is 1.98. The van der Waals surface area contributed by atoms with Crippen LogP contribution in [0.15, 0.2) is 36.7 Å². The van der Waals surface area contributed by atoms with Crippen molar-refractivity contribution in [2.24, 2.45) is 0 Å². The Morgan fingerprint density at radius 1 is 1.17 bits per heavy atom. The second-order valence-corrected chi connectivity index (χ2v) is 4.64. The Labute approximate surface area is 112 Å². The molecule has 0 atom stereocenters. The summed E-state index contributed by atoms with van der Waals surface area (Å²) in [6.45, 7) is 2.89. The van der Waals surface area contributed by atoms with Gasteiger partial charge >= 0.3 is 0 Å². The van der Waals surface area contributed by atoms with Gasteiger partial charge in [-0.1, -0.05) is 29.8 Å². The summed E-state index contributed by atoms with van der Waals surface area (Å²) in [6, 6.07) is 8.44. The minimum absolute atomic E-state index is 0.446. The maximum Gasteiger partial charge on any atom is 0.225 e. The smallest absolute Gasteiger partial charge is 0.225 e. The molecule has 0 aliphatic rings. The molecule has 0 bridgehead atoms. The zero-order valence-corrected chi connectivity index (χ0v) is 11.4. The Morgan fingerprint density at radius 2 is 1.89 bits per heavy atom. The molecule has 4 heteroatoms. The van der Waals surface area contributed by atoms with Gasteiger partial charge in [0.2, 0.25) is 5.95 Å². The lowest BCUT2D eigenvalue weighted by Gasteiger charge is -2.17. The van der Waals surface area contributed by atoms with Crippen LogP contribution in [0.5, 0.6) is 0 Å². The number of alkyl halides is 1. The van der Waals surface area contributed by atoms with Crippen molar-refractivity contribution >= 4 is 17.5 Å². The average molecular weight is 262 g/mol. The van der Waals surface area contributed by atoms with Crippen LogP contribution >= 0.6 is 11.6 Å². The number of hydrogen-bond donors (Lipinski definition) is 0. The maximum atomic E-state index is 5.71. The predicted octanol–water partition coefficient (Wildman–Crippen LogP) is 3.16. The third-order valence-corrected chi connectivity index (χ3v) is 3.00. The van der Waals surface area contributed by atoms with Gasteiger partial charge in [-0.05, 0) is 12.5 Å². The Balaban J connectivity index is 2.09. The van der Waals surface area contributed by atoms with Gasteiger partial charge in [0.1, 0.15) is 0 Å². The van der Waals surface area contributed by atoms with E-state index < -0.39 is 0 Å². The molecule has 0 spiro atoms. The van der Waals surface area contributed by atoms with E-state index in [1.807, 2.05) is 11.9 Å². The zero-order valence-electron chi connectivity index (χ0n) is 10.6. The minimum atomic E-state index is 0.446. The highest BCUT2D eigenvalue weighted by molar-refractivity contribution is 6.17. The maximum absolute atomic E-state index is 5.71. The molecule has 2 aromatic rings. The van der Waals surface area contributed by atoms with E-state index in [-0.39, 0.29) is 0 Å². The van der Waals surface area contributed by atoms with E-state index in [2.05, 4.69) is 41.2 Å². The number of aromatic nitrogens is 2. The molecule has 94 valence electrons. The van der Waals surface area contributed by atoms with Crippen LogP contribution in [0.2, 0.25) is 0 Å². The van der Waals surface area contributed by atoms with Gasteiger partial charge in [-0.2, -0.15) is 0 Å². The summed E-state index contributed by atoms with van der Waals surface area (Å²) < 4.78 is 0. The molecule has 0 unspecified atom stereocenters. The van der Waals surface area contributed by atoms with Crippen molar-refractivity contribution in [3.63, 3.8) is 0 Å². The van der Waals surface area contributed by atoms with Gasteiger partial charge in [0.25, 0.3) is 0 Å². The predicted molar refractivity (Wildman–Crippen MR) is 74.9 cm³/mol. The summed E-state index contributed by atoms with van der Waals surface area (Å²) in [5.41, 5.74) is 3.45. The van der Waals surface area contributed by atoms with E-state index in [1.54, 1.807) is 12.4 Å². The topological polar surface area (TPSA) is 29.0 Å². The van der Waals surface area contributed by atoms with Gasteiger partial charge in [-0.15, -0.1) is 11.6 Å². The summed E-state index contributed by atoms with van der Waals surface area (Å²) in [5.74, 6) is 1.16. The minimum Gasteiger partial charge on any atom is -0.340 e. The molecule has 2 rings (SSSR count). The van der Waals surface area contributed by atoms with Crippen molar-refractivity contribution in [3.8, 4) is 0 Å². The molecule has 1 aromatic heterocycles. The second-order valence-electron chi connectivity index (χ2n) is 4.37. The van der Waals surface area contributed by atoms with Gasteiger partial charge in [0.05, 0.1) is 5.88 Å². The fourth-order valence-corrected chi connectivity index (χ4v) is 1.91. The first-order chi connectivity index (χ1) is 8.69. The van der Waals surface area contributed by atoms with Crippen LogP contribution in [0, 0.1) is 6.92 Å². The highest BCUT2D eigenvalue weighted by Gasteiger charge is 2.05. The number of anilines is 1. The van der Waals surface area contributed by atoms with Crippen LogP contribution in [0.1, 0.15) is 16.7 Å². The number of benzene rings is 1. The molecular formula is C14H16ClN3. The summed E-state index contributed by atoms with van der Waals surface area (Å²) in [5, 5.41) is 0. The number of rotatable bonds is 4. The van der Waals surface area contributed by atoms with Gasteiger partial charge in [-0.3, -0.25) is 0 Å². The first kappa shape index (κ1) is 12.8. The molecular weight excluding hydrogens is 246 g/mol. The molecule has 0 aliphatic heterocycles. The van der Waals surface area contributed by atoms with Crippen molar-refractivity contribution in [2.45, 2.75) is 19.3 Å². The fraction of sp³-hybridized carbons (Fsp3) is 0.286. The van der Waals surface area contributed by atoms with Crippen molar-refractivity contribution < 1.29 is 0 Å². The van der Waals surface area contributed by atoms with Crippen LogP contribution in [-0.2, 0) is 12.4 Å². The summed E-state index contributed by atoms with van der Waals surface area (Å²) in [4.78, 5) is 10.6. The Kier molecular flexibility index (Phi) is 4.15. The van der Waals surface area contributed by atoms with Crippen molar-refractivity contribution in [3.05, 3.63) is 53.3 Å². The number of hydrogen-bond acceptors (Lipinski definition) is 3. The Bertz CT molecular complexity index is 511. The normalized spacial score (nSPS) is 10.4. The highest BCUT2D eigenvalue weighted by atomic mass is 35.5. The molecule has 1 heterocycles. The third kappa shape index (κ3) is 3.20. The second kappa shape index (κ2) is 5.83. The molecule has 0 saturated carbocycles. The standard InChI is InChI=1S/C14H16ClN3/c1-11-4-3-5-12(6-11)10-18(2)14-16-8-13(7-15)9-17-14/h3-6,8-9H,7,10H2,1-2H3. The van der Waals surface area contributed by atoms with E-state index in [0.717, 1.165) is 12.1 Å². The van der Waals surface area contributed by atoms with E-state index in [4.69, 9.17) is 11.6 Å². The highest BCUT2D eigenvalue weighted by Crippen LogP contribution is 2.12. The van der Waals surface area contributed by atoms with E-state index in [1.165, 1.54) is 11.1 Å². The van der Waals surface area contributed by atoms with Gasteiger partial charge in [0, 0.05) is 31.5 Å². The molecule has 1 aromatic carbocycles. The first-order valence-corrected chi connectivity index (χ1v) is 6.36. The van der Waals surface area contributed by atoms with Crippen molar-refractivity contribution in [2.75, 3.05) is 11.9 Å². The Hall–Kier alpha value is -1.61. The molecule has 0 saturated heterocycles. The van der Waals surface area contributed by atoms with Crippen molar-refractivity contribution in [1.29, 1.82) is 0 Å². The summed E-state index contributed by atoms with van der Waals surface area (Å²) in [6.07, 6.45) is 3.53. The zero-order chi connectivity index (χ0) is 13.0. The largest absolute Gasteiger partial charge is 0.340 e. The molecule has 0 N–H and O–H groups in total. The van der Waals surface area contributed by atoms with Gasteiger partial charge in [0.15, 0.2) is 0 Å². The van der Waals surface area contributed by atoms with Gasteiger partial charge < -0.3 is 4.90 Å².